The van der Waals surface area contributed by atoms with Gasteiger partial charge in [-0.25, -0.2) is 4.57 Å². The third-order valence-corrected chi connectivity index (χ3v) is 8.14. The predicted octanol–water partition coefficient (Wildman–Crippen LogP) is 8.71. The van der Waals surface area contributed by atoms with Gasteiger partial charge in [-0.2, -0.15) is 0 Å². The molecule has 10 heteroatoms. The van der Waals surface area contributed by atoms with E-state index in [0.717, 1.165) is 57.8 Å². The van der Waals surface area contributed by atoms with Crippen LogP contribution in [0.25, 0.3) is 0 Å². The minimum Gasteiger partial charge on any atom is -0.462 e. The molecular weight excluding hydrogens is 569 g/mol. The van der Waals surface area contributed by atoms with Gasteiger partial charge in [0, 0.05) is 19.4 Å². The summed E-state index contributed by atoms with van der Waals surface area (Å²) in [5.74, 6) is -0.840. The Labute approximate surface area is 262 Å². The fraction of sp³-hybridized carbons (Fsp3) is 0.879. The Bertz CT molecular complexity index is 734. The molecule has 0 rings (SSSR count). The van der Waals surface area contributed by atoms with Gasteiger partial charge in [0.2, 0.25) is 0 Å². The lowest BCUT2D eigenvalue weighted by molar-refractivity contribution is -0.161. The van der Waals surface area contributed by atoms with Crippen molar-refractivity contribution in [3.63, 3.8) is 0 Å². The normalized spacial score (nSPS) is 13.7. The highest BCUT2D eigenvalue weighted by atomic mass is 31.2. The van der Waals surface area contributed by atoms with Crippen LogP contribution in [0.3, 0.4) is 0 Å². The van der Waals surface area contributed by atoms with Gasteiger partial charge in [0.25, 0.3) is 0 Å². The summed E-state index contributed by atoms with van der Waals surface area (Å²) >= 11 is 0. The van der Waals surface area contributed by atoms with E-state index in [1.165, 1.54) is 64.2 Å². The first-order chi connectivity index (χ1) is 20.8. The van der Waals surface area contributed by atoms with Crippen LogP contribution in [0, 0.1) is 0 Å². The molecule has 0 aromatic rings. The van der Waals surface area contributed by atoms with E-state index in [0.29, 0.717) is 6.42 Å². The van der Waals surface area contributed by atoms with Crippen molar-refractivity contribution in [2.75, 3.05) is 26.4 Å². The maximum absolute atomic E-state index is 12.4. The highest BCUT2D eigenvalue weighted by molar-refractivity contribution is 7.47. The molecule has 0 aliphatic carbocycles. The van der Waals surface area contributed by atoms with Gasteiger partial charge in [-0.15, -0.1) is 0 Å². The van der Waals surface area contributed by atoms with E-state index in [2.05, 4.69) is 26.0 Å². The van der Waals surface area contributed by atoms with Crippen LogP contribution in [0.15, 0.2) is 12.2 Å². The minimum absolute atomic E-state index is 0.0542. The van der Waals surface area contributed by atoms with Crippen LogP contribution in [-0.2, 0) is 32.7 Å². The predicted molar refractivity (Wildman–Crippen MR) is 174 cm³/mol. The summed E-state index contributed by atoms with van der Waals surface area (Å²) in [4.78, 5) is 34.5. The van der Waals surface area contributed by atoms with Crippen molar-refractivity contribution in [2.45, 2.75) is 161 Å². The number of hydrogen-bond donors (Lipinski definition) is 2. The average Bonchev–Trinajstić information content (AvgIpc) is 2.99. The van der Waals surface area contributed by atoms with Gasteiger partial charge in [-0.3, -0.25) is 18.6 Å². The number of ether oxygens (including phenoxy) is 2. The number of esters is 2. The Hall–Kier alpha value is -1.25. The van der Waals surface area contributed by atoms with E-state index in [-0.39, 0.29) is 38.6 Å². The SMILES string of the molecule is CCCC/C=C\CCCCCCCC(=O)OC(COC(=O)CCCCCCCCCCCCC)COP(=O)(O)OCCN. The molecule has 0 spiro atoms. The van der Waals surface area contributed by atoms with E-state index >= 15 is 0 Å². The monoisotopic (exact) mass is 633 g/mol. The van der Waals surface area contributed by atoms with E-state index < -0.39 is 26.5 Å². The Morgan fingerprint density at radius 3 is 1.72 bits per heavy atom. The van der Waals surface area contributed by atoms with E-state index in [1.807, 2.05) is 0 Å². The molecule has 0 fully saturated rings. The summed E-state index contributed by atoms with van der Waals surface area (Å²) < 4.78 is 32.5. The van der Waals surface area contributed by atoms with E-state index in [1.54, 1.807) is 0 Å². The summed E-state index contributed by atoms with van der Waals surface area (Å²) in [6.07, 6.45) is 26.7. The molecule has 0 radical (unpaired) electrons. The number of rotatable bonds is 32. The standard InChI is InChI=1S/C33H64NO8P/c1-3-5-7-9-11-13-15-17-19-21-23-25-32(35)39-29-31(30-41-43(37,38)40-28-27-34)42-33(36)26-24-22-20-18-16-14-12-10-8-6-4-2/h10,12,31H,3-9,11,13-30,34H2,1-2H3,(H,37,38)/b12-10-. The van der Waals surface area contributed by atoms with Gasteiger partial charge in [-0.1, -0.05) is 122 Å². The fourth-order valence-corrected chi connectivity index (χ4v) is 5.32. The van der Waals surface area contributed by atoms with Crippen LogP contribution >= 0.6 is 7.82 Å². The Morgan fingerprint density at radius 2 is 1.16 bits per heavy atom. The molecule has 43 heavy (non-hydrogen) atoms. The van der Waals surface area contributed by atoms with Crippen molar-refractivity contribution in [3.8, 4) is 0 Å². The van der Waals surface area contributed by atoms with Gasteiger partial charge in [0.1, 0.15) is 6.61 Å². The van der Waals surface area contributed by atoms with Crippen LogP contribution in [0.5, 0.6) is 0 Å². The molecule has 0 aromatic heterocycles. The number of phosphoric acid groups is 1. The number of unbranched alkanes of at least 4 members (excludes halogenated alkanes) is 17. The number of carbonyl (C=O) groups excluding carboxylic acids is 2. The third-order valence-electron chi connectivity index (χ3n) is 7.15. The quantitative estimate of drug-likeness (QED) is 0.0323. The van der Waals surface area contributed by atoms with Crippen molar-refractivity contribution < 1.29 is 37.6 Å². The number of hydrogen-bond acceptors (Lipinski definition) is 8. The van der Waals surface area contributed by atoms with E-state index in [9.17, 15) is 19.0 Å². The first kappa shape index (κ1) is 41.8. The highest BCUT2D eigenvalue weighted by Crippen LogP contribution is 2.43. The topological polar surface area (TPSA) is 134 Å². The zero-order valence-electron chi connectivity index (χ0n) is 27.4. The maximum Gasteiger partial charge on any atom is 0.472 e. The largest absolute Gasteiger partial charge is 0.472 e. The maximum atomic E-state index is 12.4. The molecule has 0 aromatic carbocycles. The Kier molecular flexibility index (Phi) is 29.9. The van der Waals surface area contributed by atoms with Gasteiger partial charge in [0.05, 0.1) is 13.2 Å². The van der Waals surface area contributed by atoms with Crippen molar-refractivity contribution in [1.82, 2.24) is 0 Å². The Balaban J connectivity index is 4.29. The molecule has 0 aliphatic heterocycles. The molecule has 2 atom stereocenters. The third kappa shape index (κ3) is 30.6. The summed E-state index contributed by atoms with van der Waals surface area (Å²) in [5, 5.41) is 0. The van der Waals surface area contributed by atoms with Crippen LogP contribution in [0.2, 0.25) is 0 Å². The van der Waals surface area contributed by atoms with Crippen LogP contribution in [-0.4, -0.2) is 49.3 Å². The van der Waals surface area contributed by atoms with Gasteiger partial charge in [0.15, 0.2) is 6.10 Å². The molecule has 0 heterocycles. The summed E-state index contributed by atoms with van der Waals surface area (Å²) in [5.41, 5.74) is 5.31. The number of carbonyl (C=O) groups is 2. The molecular formula is C33H64NO8P. The van der Waals surface area contributed by atoms with Crippen molar-refractivity contribution in [3.05, 3.63) is 12.2 Å². The van der Waals surface area contributed by atoms with Crippen molar-refractivity contribution >= 4 is 19.8 Å². The lowest BCUT2D eigenvalue weighted by Crippen LogP contribution is -2.29. The molecule has 254 valence electrons. The summed E-state index contributed by atoms with van der Waals surface area (Å²) in [6.45, 7) is 3.65. The lowest BCUT2D eigenvalue weighted by Gasteiger charge is -2.19. The van der Waals surface area contributed by atoms with Crippen molar-refractivity contribution in [1.29, 1.82) is 0 Å². The van der Waals surface area contributed by atoms with Crippen molar-refractivity contribution in [2.24, 2.45) is 5.73 Å². The molecule has 0 amide bonds. The van der Waals surface area contributed by atoms with E-state index in [4.69, 9.17) is 24.3 Å². The molecule has 9 nitrogen and oxygen atoms in total. The molecule has 0 aliphatic rings. The van der Waals surface area contributed by atoms with Gasteiger partial charge < -0.3 is 20.1 Å². The minimum atomic E-state index is -4.36. The molecule has 0 saturated carbocycles. The smallest absolute Gasteiger partial charge is 0.462 e. The second kappa shape index (κ2) is 30.8. The number of phosphoric ester groups is 1. The summed E-state index contributed by atoms with van der Waals surface area (Å²) in [7, 11) is -4.36. The highest BCUT2D eigenvalue weighted by Gasteiger charge is 2.25. The first-order valence-electron chi connectivity index (χ1n) is 17.2. The number of nitrogens with two attached hydrogens (primary N) is 1. The number of allylic oxidation sites excluding steroid dienone is 2. The zero-order valence-corrected chi connectivity index (χ0v) is 28.3. The molecule has 0 saturated heterocycles. The molecule has 0 bridgehead atoms. The second-order valence-corrected chi connectivity index (χ2v) is 12.8. The van der Waals surface area contributed by atoms with Gasteiger partial charge in [-0.05, 0) is 32.1 Å². The van der Waals surface area contributed by atoms with Crippen LogP contribution < -0.4 is 5.73 Å². The van der Waals surface area contributed by atoms with Gasteiger partial charge >= 0.3 is 19.8 Å². The Morgan fingerprint density at radius 1 is 0.674 bits per heavy atom. The fourth-order valence-electron chi connectivity index (χ4n) is 4.55. The summed E-state index contributed by atoms with van der Waals surface area (Å²) in [6, 6.07) is 0. The van der Waals surface area contributed by atoms with Crippen LogP contribution in [0.1, 0.15) is 155 Å². The average molecular weight is 634 g/mol. The second-order valence-electron chi connectivity index (χ2n) is 11.4. The zero-order chi connectivity index (χ0) is 31.9. The lowest BCUT2D eigenvalue weighted by atomic mass is 10.1. The van der Waals surface area contributed by atoms with Crippen LogP contribution in [0.4, 0.5) is 0 Å². The molecule has 2 unspecified atom stereocenters. The molecule has 3 N–H and O–H groups in total. The first-order valence-corrected chi connectivity index (χ1v) is 18.7.